The van der Waals surface area contributed by atoms with E-state index in [4.69, 9.17) is 10.8 Å². The summed E-state index contributed by atoms with van der Waals surface area (Å²) in [6, 6.07) is 4.09. The molecule has 1 saturated heterocycles. The average Bonchev–Trinajstić information content (AvgIpc) is 2.58. The molecular formula is C15H15N3O5S. The maximum absolute atomic E-state index is 12.3. The normalized spacial score (nSPS) is 23.6. The maximum atomic E-state index is 12.3. The molecule has 3 atom stereocenters. The number of amides is 2. The molecule has 5 N–H and O–H groups in total. The molecule has 0 saturated carbocycles. The molecule has 0 aliphatic carbocycles. The minimum atomic E-state index is -1.17. The molecule has 1 fully saturated rings. The molecule has 2 aliphatic heterocycles. The second-order valence-corrected chi connectivity index (χ2v) is 6.53. The van der Waals surface area contributed by atoms with Crippen LogP contribution in [-0.2, 0) is 14.4 Å². The van der Waals surface area contributed by atoms with Crippen LogP contribution in [0, 0.1) is 0 Å². The molecule has 24 heavy (non-hydrogen) atoms. The lowest BCUT2D eigenvalue weighted by Gasteiger charge is -2.48. The molecule has 3 rings (SSSR count). The first-order valence-electron chi connectivity index (χ1n) is 7.13. The quantitative estimate of drug-likeness (QED) is 0.551. The Hall–Kier alpha value is -2.52. The van der Waals surface area contributed by atoms with Crippen LogP contribution < -0.4 is 11.1 Å². The van der Waals surface area contributed by atoms with Gasteiger partial charge in [0.1, 0.15) is 28.9 Å². The number of phenols is 1. The highest BCUT2D eigenvalue weighted by atomic mass is 32.2. The van der Waals surface area contributed by atoms with Crippen LogP contribution in [0.5, 0.6) is 5.75 Å². The molecule has 2 heterocycles. The first kappa shape index (κ1) is 16.3. The number of carboxylic acids is 1. The molecule has 2 amide bonds. The van der Waals surface area contributed by atoms with Crippen LogP contribution in [0.1, 0.15) is 11.6 Å². The van der Waals surface area contributed by atoms with E-state index in [1.54, 1.807) is 0 Å². The van der Waals surface area contributed by atoms with Crippen LogP contribution in [0.4, 0.5) is 0 Å². The van der Waals surface area contributed by atoms with Crippen LogP contribution in [0.2, 0.25) is 0 Å². The summed E-state index contributed by atoms with van der Waals surface area (Å²) in [5.41, 5.74) is 6.31. The second-order valence-electron chi connectivity index (χ2n) is 5.38. The first-order valence-corrected chi connectivity index (χ1v) is 8.18. The van der Waals surface area contributed by atoms with Gasteiger partial charge in [-0.1, -0.05) is 12.1 Å². The van der Waals surface area contributed by atoms with Gasteiger partial charge in [0.2, 0.25) is 5.91 Å². The summed E-state index contributed by atoms with van der Waals surface area (Å²) >= 11 is 1.37. The van der Waals surface area contributed by atoms with Crippen molar-refractivity contribution >= 4 is 29.5 Å². The number of phenolic OH excluding ortho intramolecular Hbond substituents is 1. The number of nitrogens with one attached hydrogen (secondary N) is 1. The van der Waals surface area contributed by atoms with Crippen LogP contribution >= 0.6 is 11.8 Å². The van der Waals surface area contributed by atoms with E-state index in [9.17, 15) is 19.5 Å². The van der Waals surface area contributed by atoms with Crippen molar-refractivity contribution in [3.63, 3.8) is 0 Å². The fraction of sp³-hybridized carbons (Fsp3) is 0.267. The third-order valence-electron chi connectivity index (χ3n) is 3.90. The summed E-state index contributed by atoms with van der Waals surface area (Å²) in [7, 11) is 0. The van der Waals surface area contributed by atoms with Crippen molar-refractivity contribution < 1.29 is 24.6 Å². The topological polar surface area (TPSA) is 133 Å². The maximum Gasteiger partial charge on any atom is 0.352 e. The van der Waals surface area contributed by atoms with Crippen LogP contribution in [0.25, 0.3) is 0 Å². The van der Waals surface area contributed by atoms with Gasteiger partial charge in [-0.2, -0.15) is 0 Å². The molecule has 1 aromatic rings. The summed E-state index contributed by atoms with van der Waals surface area (Å²) in [4.78, 5) is 36.7. The molecular weight excluding hydrogens is 334 g/mol. The Morgan fingerprint density at radius 3 is 2.62 bits per heavy atom. The highest BCUT2D eigenvalue weighted by molar-refractivity contribution is 8.00. The number of benzene rings is 1. The Labute approximate surface area is 141 Å². The number of fused-ring (bicyclic) bond motifs is 1. The molecule has 0 spiro atoms. The van der Waals surface area contributed by atoms with E-state index in [0.717, 1.165) is 0 Å². The SMILES string of the molecule is NC(C(=O)NC1C(=O)N2C(C(=O)O)=CCS[C@H]12)c1ccc(O)cc1. The van der Waals surface area contributed by atoms with Crippen molar-refractivity contribution in [2.45, 2.75) is 17.5 Å². The standard InChI is InChI=1S/C15H15N3O5S/c16-10(7-1-3-8(19)4-2-7)12(20)17-11-13(21)18-9(15(22)23)5-6-24-14(11)18/h1-5,10-11,14,19H,6,16H2,(H,17,20)(H,22,23)/t10?,11?,14-/m1/s1. The Bertz CT molecular complexity index is 733. The van der Waals surface area contributed by atoms with Crippen LogP contribution in [-0.4, -0.2) is 50.1 Å². The van der Waals surface area contributed by atoms with Gasteiger partial charge in [-0.3, -0.25) is 14.5 Å². The fourth-order valence-corrected chi connectivity index (χ4v) is 3.81. The number of β-lactam (4-membered cyclic amide) rings is 1. The summed E-state index contributed by atoms with van der Waals surface area (Å²) in [6.45, 7) is 0. The number of nitrogens with zero attached hydrogens (tertiary/aromatic N) is 1. The van der Waals surface area contributed by atoms with Crippen LogP contribution in [0.15, 0.2) is 36.0 Å². The zero-order valence-electron chi connectivity index (χ0n) is 12.4. The number of aromatic hydroxyl groups is 1. The van der Waals surface area contributed by atoms with E-state index in [1.807, 2.05) is 0 Å². The number of nitrogens with two attached hydrogens (primary N) is 1. The largest absolute Gasteiger partial charge is 0.508 e. The van der Waals surface area contributed by atoms with Gasteiger partial charge >= 0.3 is 5.97 Å². The Kier molecular flexibility index (Phi) is 4.20. The van der Waals surface area contributed by atoms with Gasteiger partial charge in [0.05, 0.1) is 0 Å². The van der Waals surface area contributed by atoms with Crippen molar-refractivity contribution in [1.82, 2.24) is 10.2 Å². The van der Waals surface area contributed by atoms with E-state index < -0.39 is 35.2 Å². The summed E-state index contributed by atoms with van der Waals surface area (Å²) in [6.07, 6.45) is 1.47. The van der Waals surface area contributed by atoms with Crippen LogP contribution in [0.3, 0.4) is 0 Å². The van der Waals surface area contributed by atoms with E-state index in [-0.39, 0.29) is 11.4 Å². The first-order chi connectivity index (χ1) is 11.4. The van der Waals surface area contributed by atoms with Gasteiger partial charge in [-0.15, -0.1) is 11.8 Å². The highest BCUT2D eigenvalue weighted by Gasteiger charge is 2.52. The van der Waals surface area contributed by atoms with Crippen molar-refractivity contribution in [3.8, 4) is 5.75 Å². The lowest BCUT2D eigenvalue weighted by Crippen LogP contribution is -2.70. The average molecular weight is 349 g/mol. The summed E-state index contributed by atoms with van der Waals surface area (Å²) in [5, 5.41) is 20.5. The number of carboxylic acid groups (broad SMARTS) is 1. The Balaban J connectivity index is 1.68. The third kappa shape index (κ3) is 2.72. The van der Waals surface area contributed by atoms with Crippen molar-refractivity contribution in [2.75, 3.05) is 5.75 Å². The number of hydrogen-bond acceptors (Lipinski definition) is 6. The zero-order chi connectivity index (χ0) is 17.4. The van der Waals surface area contributed by atoms with Gasteiger partial charge < -0.3 is 21.3 Å². The van der Waals surface area contributed by atoms with Gasteiger partial charge in [0.15, 0.2) is 0 Å². The second kappa shape index (κ2) is 6.17. The number of carbonyl (C=O) groups excluding carboxylic acids is 2. The predicted molar refractivity (Wildman–Crippen MR) is 85.8 cm³/mol. The van der Waals surface area contributed by atoms with Gasteiger partial charge in [-0.25, -0.2) is 4.79 Å². The predicted octanol–water partition coefficient (Wildman–Crippen LogP) is -0.240. The minimum Gasteiger partial charge on any atom is -0.508 e. The van der Waals surface area contributed by atoms with Crippen molar-refractivity contribution in [3.05, 3.63) is 41.6 Å². The molecule has 2 unspecified atom stereocenters. The zero-order valence-corrected chi connectivity index (χ0v) is 13.2. The smallest absolute Gasteiger partial charge is 0.352 e. The molecule has 1 aromatic carbocycles. The molecule has 126 valence electrons. The number of hydrogen-bond donors (Lipinski definition) is 4. The molecule has 0 bridgehead atoms. The molecule has 0 radical (unpaired) electrons. The molecule has 0 aromatic heterocycles. The number of thioether (sulfide) groups is 1. The lowest BCUT2D eigenvalue weighted by atomic mass is 10.0. The number of rotatable bonds is 4. The minimum absolute atomic E-state index is 0.0581. The third-order valence-corrected chi connectivity index (χ3v) is 5.08. The molecule has 8 nitrogen and oxygen atoms in total. The van der Waals surface area contributed by atoms with E-state index in [2.05, 4.69) is 5.32 Å². The molecule has 2 aliphatic rings. The van der Waals surface area contributed by atoms with Crippen molar-refractivity contribution in [2.24, 2.45) is 5.73 Å². The van der Waals surface area contributed by atoms with E-state index in [1.165, 1.54) is 47.0 Å². The van der Waals surface area contributed by atoms with E-state index >= 15 is 0 Å². The molecule has 9 heteroatoms. The summed E-state index contributed by atoms with van der Waals surface area (Å²) in [5.74, 6) is -1.66. The van der Waals surface area contributed by atoms with Gasteiger partial charge in [0, 0.05) is 5.75 Å². The fourth-order valence-electron chi connectivity index (χ4n) is 2.61. The number of carbonyl (C=O) groups is 3. The number of aliphatic carboxylic acids is 1. The monoisotopic (exact) mass is 349 g/mol. The highest BCUT2D eigenvalue weighted by Crippen LogP contribution is 2.37. The Morgan fingerprint density at radius 2 is 2.00 bits per heavy atom. The van der Waals surface area contributed by atoms with Gasteiger partial charge in [0.25, 0.3) is 5.91 Å². The Morgan fingerprint density at radius 1 is 1.33 bits per heavy atom. The van der Waals surface area contributed by atoms with Gasteiger partial charge in [-0.05, 0) is 23.8 Å². The van der Waals surface area contributed by atoms with Crippen molar-refractivity contribution in [1.29, 1.82) is 0 Å². The lowest BCUT2D eigenvalue weighted by molar-refractivity contribution is -0.150. The van der Waals surface area contributed by atoms with E-state index in [0.29, 0.717) is 11.3 Å². The summed E-state index contributed by atoms with van der Waals surface area (Å²) < 4.78 is 0.